The number of rotatable bonds is 5. The normalized spacial score (nSPS) is 22.1. The molecule has 0 radical (unpaired) electrons. The molecule has 1 saturated heterocycles. The van der Waals surface area contributed by atoms with Crippen LogP contribution in [0.2, 0.25) is 0 Å². The van der Waals surface area contributed by atoms with Crippen LogP contribution in [0.1, 0.15) is 25.3 Å². The molecule has 1 fully saturated rings. The zero-order valence-corrected chi connectivity index (χ0v) is 12.1. The van der Waals surface area contributed by atoms with Crippen LogP contribution in [-0.4, -0.2) is 32.6 Å². The molecule has 1 N–H and O–H groups in total. The first-order chi connectivity index (χ1) is 9.09. The number of ether oxygens (including phenoxy) is 1. The molecule has 1 aliphatic rings. The van der Waals surface area contributed by atoms with E-state index < -0.39 is 9.84 Å². The molecule has 0 spiro atoms. The fraction of sp³-hybridized carbons (Fsp3) is 0.571. The topological polar surface area (TPSA) is 55.4 Å². The summed E-state index contributed by atoms with van der Waals surface area (Å²) in [5, 5.41) is 3.33. The highest BCUT2D eigenvalue weighted by molar-refractivity contribution is 7.91. The predicted molar refractivity (Wildman–Crippen MR) is 76.1 cm³/mol. The summed E-state index contributed by atoms with van der Waals surface area (Å²) in [7, 11) is -2.84. The zero-order chi connectivity index (χ0) is 13.7. The van der Waals surface area contributed by atoms with Crippen molar-refractivity contribution in [3.63, 3.8) is 0 Å². The number of benzene rings is 1. The molecule has 1 unspecified atom stereocenters. The van der Waals surface area contributed by atoms with Gasteiger partial charge in [-0.05, 0) is 37.5 Å². The molecular weight excluding hydrogens is 262 g/mol. The fourth-order valence-corrected chi connectivity index (χ4v) is 4.03. The Labute approximate surface area is 115 Å². The van der Waals surface area contributed by atoms with Crippen LogP contribution in [0.5, 0.6) is 5.75 Å². The first-order valence-corrected chi connectivity index (χ1v) is 8.57. The van der Waals surface area contributed by atoms with Crippen LogP contribution in [0.4, 0.5) is 0 Å². The second kappa shape index (κ2) is 6.39. The maximum absolute atomic E-state index is 11.6. The Balaban J connectivity index is 1.89. The molecule has 1 atom stereocenters. The van der Waals surface area contributed by atoms with E-state index in [4.69, 9.17) is 4.74 Å². The minimum absolute atomic E-state index is 0.0782. The van der Waals surface area contributed by atoms with Gasteiger partial charge in [0.05, 0.1) is 18.1 Å². The van der Waals surface area contributed by atoms with Crippen molar-refractivity contribution in [1.82, 2.24) is 5.32 Å². The van der Waals surface area contributed by atoms with E-state index in [0.29, 0.717) is 18.9 Å². The number of sulfone groups is 1. The van der Waals surface area contributed by atoms with Gasteiger partial charge in [0, 0.05) is 12.6 Å². The van der Waals surface area contributed by atoms with Crippen molar-refractivity contribution in [1.29, 1.82) is 0 Å². The van der Waals surface area contributed by atoms with E-state index in [1.807, 2.05) is 31.2 Å². The van der Waals surface area contributed by atoms with Crippen LogP contribution in [-0.2, 0) is 16.4 Å². The van der Waals surface area contributed by atoms with Gasteiger partial charge in [-0.25, -0.2) is 8.42 Å². The van der Waals surface area contributed by atoms with Gasteiger partial charge < -0.3 is 10.1 Å². The van der Waals surface area contributed by atoms with E-state index in [-0.39, 0.29) is 11.8 Å². The van der Waals surface area contributed by atoms with Gasteiger partial charge in [0.1, 0.15) is 5.75 Å². The third-order valence-corrected chi connectivity index (χ3v) is 5.09. The van der Waals surface area contributed by atoms with E-state index in [1.54, 1.807) is 0 Å². The molecule has 1 aromatic carbocycles. The average molecular weight is 283 g/mol. The third kappa shape index (κ3) is 4.51. The molecule has 2 rings (SSSR count). The van der Waals surface area contributed by atoms with Crippen molar-refractivity contribution in [2.45, 2.75) is 32.4 Å². The highest BCUT2D eigenvalue weighted by Crippen LogP contribution is 2.15. The van der Waals surface area contributed by atoms with Gasteiger partial charge in [0.2, 0.25) is 0 Å². The van der Waals surface area contributed by atoms with Gasteiger partial charge in [0.15, 0.2) is 9.84 Å². The Hall–Kier alpha value is -1.07. The van der Waals surface area contributed by atoms with Crippen molar-refractivity contribution in [3.05, 3.63) is 29.8 Å². The first-order valence-electron chi connectivity index (χ1n) is 6.74. The largest absolute Gasteiger partial charge is 0.494 e. The summed E-state index contributed by atoms with van der Waals surface area (Å²) in [6, 6.07) is 7.98. The van der Waals surface area contributed by atoms with E-state index in [1.165, 1.54) is 0 Å². The predicted octanol–water partition coefficient (Wildman–Crippen LogP) is 1.75. The molecule has 0 aromatic heterocycles. The fourth-order valence-electron chi connectivity index (χ4n) is 2.36. The van der Waals surface area contributed by atoms with Gasteiger partial charge in [-0.15, -0.1) is 0 Å². The lowest BCUT2D eigenvalue weighted by atomic mass is 10.1. The summed E-state index contributed by atoms with van der Waals surface area (Å²) in [6.07, 6.45) is 1.70. The van der Waals surface area contributed by atoms with Crippen molar-refractivity contribution in [3.8, 4) is 5.75 Å². The second-order valence-corrected chi connectivity index (χ2v) is 7.14. The smallest absolute Gasteiger partial charge is 0.151 e. The molecule has 0 saturated carbocycles. The molecule has 19 heavy (non-hydrogen) atoms. The lowest BCUT2D eigenvalue weighted by molar-refractivity contribution is 0.339. The van der Waals surface area contributed by atoms with Crippen LogP contribution < -0.4 is 10.1 Å². The molecule has 1 aliphatic heterocycles. The highest BCUT2D eigenvalue weighted by atomic mass is 32.2. The molecule has 5 heteroatoms. The molecule has 1 heterocycles. The van der Waals surface area contributed by atoms with Crippen molar-refractivity contribution in [2.75, 3.05) is 18.1 Å². The van der Waals surface area contributed by atoms with Gasteiger partial charge in [-0.3, -0.25) is 0 Å². The second-order valence-electron chi connectivity index (χ2n) is 4.91. The molecule has 0 amide bonds. The van der Waals surface area contributed by atoms with Crippen LogP contribution >= 0.6 is 0 Å². The molecule has 1 aromatic rings. The highest BCUT2D eigenvalue weighted by Gasteiger charge is 2.24. The van der Waals surface area contributed by atoms with Crippen molar-refractivity contribution < 1.29 is 13.2 Å². The Kier molecular flexibility index (Phi) is 4.82. The lowest BCUT2D eigenvalue weighted by Gasteiger charge is -2.23. The van der Waals surface area contributed by atoms with Gasteiger partial charge in [0.25, 0.3) is 0 Å². The molecular formula is C14H21NO3S. The maximum atomic E-state index is 11.6. The summed E-state index contributed by atoms with van der Waals surface area (Å²) >= 11 is 0. The van der Waals surface area contributed by atoms with E-state index in [9.17, 15) is 8.42 Å². The first kappa shape index (κ1) is 14.3. The monoisotopic (exact) mass is 283 g/mol. The molecule has 0 bridgehead atoms. The van der Waals surface area contributed by atoms with Crippen LogP contribution in [0.15, 0.2) is 24.3 Å². The lowest BCUT2D eigenvalue weighted by Crippen LogP contribution is -2.39. The zero-order valence-electron chi connectivity index (χ0n) is 11.3. The molecule has 106 valence electrons. The third-order valence-electron chi connectivity index (χ3n) is 3.27. The average Bonchev–Trinajstić information content (AvgIpc) is 2.36. The van der Waals surface area contributed by atoms with Crippen LogP contribution in [0, 0.1) is 0 Å². The van der Waals surface area contributed by atoms with E-state index in [2.05, 4.69) is 5.32 Å². The summed E-state index contributed by atoms with van der Waals surface area (Å²) in [5.41, 5.74) is 1.12. The molecule has 0 aliphatic carbocycles. The molecule has 4 nitrogen and oxygen atoms in total. The SMILES string of the molecule is CCOc1cccc(CNC2CCCS(=O)(=O)C2)c1. The Morgan fingerprint density at radius 3 is 3.00 bits per heavy atom. The number of hydrogen-bond donors (Lipinski definition) is 1. The maximum Gasteiger partial charge on any atom is 0.151 e. The van der Waals surface area contributed by atoms with Crippen LogP contribution in [0.25, 0.3) is 0 Å². The van der Waals surface area contributed by atoms with E-state index in [0.717, 1.165) is 24.2 Å². The van der Waals surface area contributed by atoms with Crippen molar-refractivity contribution in [2.24, 2.45) is 0 Å². The van der Waals surface area contributed by atoms with Gasteiger partial charge in [-0.1, -0.05) is 12.1 Å². The van der Waals surface area contributed by atoms with Crippen molar-refractivity contribution >= 4 is 9.84 Å². The van der Waals surface area contributed by atoms with Gasteiger partial charge in [-0.2, -0.15) is 0 Å². The minimum atomic E-state index is -2.84. The summed E-state index contributed by atoms with van der Waals surface area (Å²) < 4.78 is 28.6. The standard InChI is InChI=1S/C14H21NO3S/c1-2-18-14-7-3-5-12(9-14)10-15-13-6-4-8-19(16,17)11-13/h3,5,7,9,13,15H,2,4,6,8,10-11H2,1H3. The summed E-state index contributed by atoms with van der Waals surface area (Å²) in [6.45, 7) is 3.29. The summed E-state index contributed by atoms with van der Waals surface area (Å²) in [4.78, 5) is 0. The summed E-state index contributed by atoms with van der Waals surface area (Å²) in [5.74, 6) is 1.46. The van der Waals surface area contributed by atoms with Crippen LogP contribution in [0.3, 0.4) is 0 Å². The number of nitrogens with one attached hydrogen (secondary N) is 1. The number of hydrogen-bond acceptors (Lipinski definition) is 4. The Bertz CT molecular complexity index is 513. The minimum Gasteiger partial charge on any atom is -0.494 e. The van der Waals surface area contributed by atoms with E-state index >= 15 is 0 Å². The quantitative estimate of drug-likeness (QED) is 0.894. The Morgan fingerprint density at radius 1 is 1.42 bits per heavy atom. The Morgan fingerprint density at radius 2 is 2.26 bits per heavy atom. The van der Waals surface area contributed by atoms with Gasteiger partial charge >= 0.3 is 0 Å².